The van der Waals surface area contributed by atoms with Crippen molar-refractivity contribution in [3.63, 3.8) is 0 Å². The Morgan fingerprint density at radius 3 is 2.26 bits per heavy atom. The number of amides is 1. The van der Waals surface area contributed by atoms with Crippen molar-refractivity contribution in [3.05, 3.63) is 29.8 Å². The van der Waals surface area contributed by atoms with E-state index in [1.807, 2.05) is 35.4 Å². The number of nitrogens with zero attached hydrogens (tertiary/aromatic N) is 1. The van der Waals surface area contributed by atoms with Gasteiger partial charge in [0.25, 0.3) is 5.91 Å². The normalized spacial score (nSPS) is 10.8. The Morgan fingerprint density at radius 1 is 1.26 bits per heavy atom. The van der Waals surface area contributed by atoms with Crippen molar-refractivity contribution in [3.8, 4) is 0 Å². The Hall–Kier alpha value is -0.480. The molecule has 0 radical (unpaired) electrons. The van der Waals surface area contributed by atoms with Gasteiger partial charge in [0.2, 0.25) is 0 Å². The smallest absolute Gasteiger partial charge is 0.254 e. The molecule has 106 valence electrons. The van der Waals surface area contributed by atoms with E-state index in [1.54, 1.807) is 11.8 Å². The van der Waals surface area contributed by atoms with Crippen LogP contribution in [0.25, 0.3) is 0 Å². The highest BCUT2D eigenvalue weighted by Gasteiger charge is 2.21. The molecule has 0 spiro atoms. The van der Waals surface area contributed by atoms with Gasteiger partial charge in [0.15, 0.2) is 0 Å². The minimum absolute atomic E-state index is 0.140. The van der Waals surface area contributed by atoms with Gasteiger partial charge in [-0.3, -0.25) is 4.79 Å². The third-order valence-corrected chi connectivity index (χ3v) is 4.40. The first-order valence-corrected chi connectivity index (χ1v) is 9.03. The fourth-order valence-electron chi connectivity index (χ4n) is 2.17. The van der Waals surface area contributed by atoms with Crippen LogP contribution in [0.1, 0.15) is 37.0 Å². The zero-order valence-electron chi connectivity index (χ0n) is 11.9. The molecule has 4 heteroatoms. The van der Waals surface area contributed by atoms with Crippen LogP contribution in [-0.2, 0) is 0 Å². The van der Waals surface area contributed by atoms with E-state index in [2.05, 4.69) is 29.8 Å². The van der Waals surface area contributed by atoms with Crippen LogP contribution in [0.3, 0.4) is 0 Å². The van der Waals surface area contributed by atoms with Crippen molar-refractivity contribution in [2.75, 3.05) is 18.1 Å². The molecule has 0 aliphatic heterocycles. The minimum atomic E-state index is 0.140. The van der Waals surface area contributed by atoms with Gasteiger partial charge in [-0.15, -0.1) is 11.8 Å². The maximum atomic E-state index is 12.6. The molecule has 0 saturated heterocycles. The number of halogens is 1. The summed E-state index contributed by atoms with van der Waals surface area (Å²) in [5.41, 5.74) is 0.783. The van der Waals surface area contributed by atoms with Gasteiger partial charge < -0.3 is 4.90 Å². The zero-order valence-corrected chi connectivity index (χ0v) is 14.3. The lowest BCUT2D eigenvalue weighted by Gasteiger charge is -2.30. The molecule has 1 rings (SSSR count). The van der Waals surface area contributed by atoms with Crippen LogP contribution in [0.5, 0.6) is 0 Å². The molecule has 0 aliphatic rings. The van der Waals surface area contributed by atoms with Crippen molar-refractivity contribution in [2.45, 2.75) is 37.6 Å². The summed E-state index contributed by atoms with van der Waals surface area (Å²) in [5, 5.41) is 0.818. The van der Waals surface area contributed by atoms with Crippen molar-refractivity contribution < 1.29 is 4.79 Å². The van der Waals surface area contributed by atoms with Gasteiger partial charge in [0.05, 0.1) is 0 Å². The van der Waals surface area contributed by atoms with Gasteiger partial charge in [-0.2, -0.15) is 0 Å². The van der Waals surface area contributed by atoms with Crippen molar-refractivity contribution in [1.29, 1.82) is 0 Å². The monoisotopic (exact) mass is 343 g/mol. The molecular weight excluding hydrogens is 322 g/mol. The lowest BCUT2D eigenvalue weighted by molar-refractivity contribution is 0.0683. The first kappa shape index (κ1) is 16.6. The highest BCUT2D eigenvalue weighted by Crippen LogP contribution is 2.18. The van der Waals surface area contributed by atoms with Crippen molar-refractivity contribution >= 4 is 33.6 Å². The number of hydrogen-bond acceptors (Lipinski definition) is 2. The number of rotatable bonds is 7. The van der Waals surface area contributed by atoms with Gasteiger partial charge in [-0.25, -0.2) is 0 Å². The van der Waals surface area contributed by atoms with Crippen LogP contribution in [0.15, 0.2) is 29.2 Å². The third-order valence-electron chi connectivity index (χ3n) is 3.31. The van der Waals surface area contributed by atoms with E-state index >= 15 is 0 Å². The number of hydrogen-bond donors (Lipinski definition) is 0. The summed E-state index contributed by atoms with van der Waals surface area (Å²) in [5.74, 6) is 0.140. The molecule has 0 bridgehead atoms. The number of alkyl halides is 1. The summed E-state index contributed by atoms with van der Waals surface area (Å²) in [4.78, 5) is 15.8. The van der Waals surface area contributed by atoms with E-state index in [0.29, 0.717) is 6.04 Å². The Kier molecular flexibility index (Phi) is 7.54. The lowest BCUT2D eigenvalue weighted by Crippen LogP contribution is -2.41. The molecular formula is C15H22BrNOS. The average molecular weight is 344 g/mol. The molecule has 1 aromatic carbocycles. The molecule has 2 nitrogen and oxygen atoms in total. The number of carbonyl (C=O) groups is 1. The largest absolute Gasteiger partial charge is 0.335 e. The quantitative estimate of drug-likeness (QED) is 0.539. The first-order chi connectivity index (χ1) is 9.17. The number of carbonyl (C=O) groups excluding carboxylic acids is 1. The van der Waals surface area contributed by atoms with Crippen molar-refractivity contribution in [1.82, 2.24) is 4.90 Å². The second kappa shape index (κ2) is 8.64. The van der Waals surface area contributed by atoms with Crippen LogP contribution in [0, 0.1) is 0 Å². The van der Waals surface area contributed by atoms with Crippen LogP contribution in [0.2, 0.25) is 0 Å². The van der Waals surface area contributed by atoms with Gasteiger partial charge >= 0.3 is 0 Å². The summed E-state index contributed by atoms with van der Waals surface area (Å²) in [6, 6.07) is 8.20. The van der Waals surface area contributed by atoms with Gasteiger partial charge in [0, 0.05) is 28.4 Å². The summed E-state index contributed by atoms with van der Waals surface area (Å²) >= 11 is 5.13. The van der Waals surface area contributed by atoms with Crippen LogP contribution in [-0.4, -0.2) is 35.0 Å². The molecule has 0 N–H and O–H groups in total. The molecule has 0 saturated carbocycles. The summed E-state index contributed by atoms with van der Waals surface area (Å²) in [7, 11) is 0. The zero-order chi connectivity index (χ0) is 14.3. The van der Waals surface area contributed by atoms with E-state index in [9.17, 15) is 4.79 Å². The molecule has 19 heavy (non-hydrogen) atoms. The predicted octanol–water partition coefficient (Wildman–Crippen LogP) is 4.43. The van der Waals surface area contributed by atoms with E-state index in [-0.39, 0.29) is 5.91 Å². The fraction of sp³-hybridized carbons (Fsp3) is 0.533. The molecule has 0 atom stereocenters. The highest BCUT2D eigenvalue weighted by molar-refractivity contribution is 9.09. The molecule has 0 unspecified atom stereocenters. The first-order valence-electron chi connectivity index (χ1n) is 6.68. The van der Waals surface area contributed by atoms with E-state index in [0.717, 1.165) is 30.3 Å². The molecule has 0 aliphatic carbocycles. The molecule has 1 aromatic rings. The standard InChI is InChI=1S/C15H22BrNOS/c1-4-13(5-2)17(11-10-16)15(18)12-6-8-14(19-3)9-7-12/h6-9,13H,4-5,10-11H2,1-3H3. The Balaban J connectivity index is 2.91. The summed E-state index contributed by atoms with van der Waals surface area (Å²) in [6.45, 7) is 5.04. The Morgan fingerprint density at radius 2 is 1.84 bits per heavy atom. The lowest BCUT2D eigenvalue weighted by atomic mass is 10.1. The van der Waals surface area contributed by atoms with Crippen molar-refractivity contribution in [2.24, 2.45) is 0 Å². The van der Waals surface area contributed by atoms with Crippen LogP contribution < -0.4 is 0 Å². The van der Waals surface area contributed by atoms with E-state index < -0.39 is 0 Å². The third kappa shape index (κ3) is 4.53. The van der Waals surface area contributed by atoms with Crippen LogP contribution >= 0.6 is 27.7 Å². The molecule has 0 fully saturated rings. The van der Waals surface area contributed by atoms with Gasteiger partial charge in [0.1, 0.15) is 0 Å². The maximum absolute atomic E-state index is 12.6. The van der Waals surface area contributed by atoms with E-state index in [1.165, 1.54) is 4.90 Å². The maximum Gasteiger partial charge on any atom is 0.254 e. The topological polar surface area (TPSA) is 20.3 Å². The Labute approximate surface area is 129 Å². The minimum Gasteiger partial charge on any atom is -0.335 e. The Bertz CT molecular complexity index is 390. The summed E-state index contributed by atoms with van der Waals surface area (Å²) < 4.78 is 0. The van der Waals surface area contributed by atoms with E-state index in [4.69, 9.17) is 0 Å². The van der Waals surface area contributed by atoms with Gasteiger partial charge in [-0.05, 0) is 43.4 Å². The predicted molar refractivity (Wildman–Crippen MR) is 87.4 cm³/mol. The fourth-order valence-corrected chi connectivity index (χ4v) is 2.96. The number of thioether (sulfide) groups is 1. The molecule has 1 amide bonds. The van der Waals surface area contributed by atoms with Crippen LogP contribution in [0.4, 0.5) is 0 Å². The second-order valence-electron chi connectivity index (χ2n) is 4.39. The number of benzene rings is 1. The molecule has 0 heterocycles. The second-order valence-corrected chi connectivity index (χ2v) is 6.06. The van der Waals surface area contributed by atoms with Gasteiger partial charge in [-0.1, -0.05) is 29.8 Å². The molecule has 0 aromatic heterocycles. The summed E-state index contributed by atoms with van der Waals surface area (Å²) in [6.07, 6.45) is 4.04. The average Bonchev–Trinajstić information content (AvgIpc) is 2.47. The highest BCUT2D eigenvalue weighted by atomic mass is 79.9. The SMILES string of the molecule is CCC(CC)N(CCBr)C(=O)c1ccc(SC)cc1.